The Kier molecular flexibility index (Phi) is 10.0. The Balaban J connectivity index is 0.000000646. The Morgan fingerprint density at radius 2 is 1.44 bits per heavy atom. The van der Waals surface area contributed by atoms with E-state index in [1.165, 1.54) is 7.11 Å². The number of aliphatic hydroxyl groups is 1. The number of ketones is 1. The van der Waals surface area contributed by atoms with Gasteiger partial charge in [-0.3, -0.25) is 9.59 Å². The van der Waals surface area contributed by atoms with Gasteiger partial charge in [0.1, 0.15) is 0 Å². The summed E-state index contributed by atoms with van der Waals surface area (Å²) in [6.07, 6.45) is -0.0715. The van der Waals surface area contributed by atoms with E-state index in [-0.39, 0.29) is 12.8 Å². The van der Waals surface area contributed by atoms with Gasteiger partial charge in [-0.15, -0.1) is 0 Å². The van der Waals surface area contributed by atoms with Gasteiger partial charge in [0.05, 0.1) is 7.11 Å². The van der Waals surface area contributed by atoms with Gasteiger partial charge in [-0.05, 0) is 25.8 Å². The first-order valence-corrected chi connectivity index (χ1v) is 9.01. The molecule has 1 atom stereocenters. The van der Waals surface area contributed by atoms with Crippen LogP contribution in [-0.2, 0) is 19.9 Å². The summed E-state index contributed by atoms with van der Waals surface area (Å²) in [6.45, 7) is 5.67. The van der Waals surface area contributed by atoms with Crippen LogP contribution in [0.5, 0.6) is 0 Å². The van der Waals surface area contributed by atoms with E-state index in [4.69, 9.17) is 4.74 Å². The van der Waals surface area contributed by atoms with E-state index in [0.717, 1.165) is 13.2 Å². The van der Waals surface area contributed by atoms with Crippen molar-refractivity contribution in [3.8, 4) is 0 Å². The molecule has 5 heteroatoms. The maximum absolute atomic E-state index is 12.8. The zero-order valence-corrected chi connectivity index (χ0v) is 16.2. The summed E-state index contributed by atoms with van der Waals surface area (Å²) in [5, 5.41) is 11.0. The highest BCUT2D eigenvalue weighted by atomic mass is 16.5. The number of esters is 1. The summed E-state index contributed by atoms with van der Waals surface area (Å²) >= 11 is 0. The first kappa shape index (κ1) is 22.5. The standard InChI is InChI=1S/C18H18O4.C4H10O/c1-22-16(19)12-13-18(21,15-10-6-3-7-11-15)17(20)14-8-4-2-5-9-14;1-3-5-4-2/h2-11,21H,12-13H2,1H3;3-4H2,1-2H3. The van der Waals surface area contributed by atoms with Crippen molar-refractivity contribution in [2.24, 2.45) is 0 Å². The van der Waals surface area contributed by atoms with Gasteiger partial charge in [0, 0.05) is 25.2 Å². The predicted molar refractivity (Wildman–Crippen MR) is 105 cm³/mol. The number of methoxy groups -OCH3 is 1. The third-order valence-electron chi connectivity index (χ3n) is 3.99. The van der Waals surface area contributed by atoms with Crippen LogP contribution >= 0.6 is 0 Å². The summed E-state index contributed by atoms with van der Waals surface area (Å²) in [6, 6.07) is 17.2. The minimum atomic E-state index is -1.75. The molecule has 0 spiro atoms. The second-order valence-electron chi connectivity index (χ2n) is 5.78. The highest BCUT2D eigenvalue weighted by Crippen LogP contribution is 2.30. The molecule has 0 fully saturated rings. The molecule has 0 radical (unpaired) electrons. The molecule has 0 aliphatic rings. The largest absolute Gasteiger partial charge is 0.469 e. The van der Waals surface area contributed by atoms with E-state index < -0.39 is 17.4 Å². The number of ether oxygens (including phenoxy) is 2. The lowest BCUT2D eigenvalue weighted by molar-refractivity contribution is -0.141. The van der Waals surface area contributed by atoms with E-state index in [9.17, 15) is 14.7 Å². The monoisotopic (exact) mass is 372 g/mol. The Labute approximate surface area is 160 Å². The van der Waals surface area contributed by atoms with E-state index >= 15 is 0 Å². The molecule has 0 bridgehead atoms. The maximum Gasteiger partial charge on any atom is 0.305 e. The third kappa shape index (κ3) is 6.96. The molecule has 1 unspecified atom stereocenters. The molecule has 0 saturated carbocycles. The van der Waals surface area contributed by atoms with Crippen LogP contribution in [0, 0.1) is 0 Å². The summed E-state index contributed by atoms with van der Waals surface area (Å²) < 4.78 is 9.44. The molecule has 0 saturated heterocycles. The maximum atomic E-state index is 12.8. The number of hydrogen-bond donors (Lipinski definition) is 1. The van der Waals surface area contributed by atoms with Crippen LogP contribution in [0.3, 0.4) is 0 Å². The van der Waals surface area contributed by atoms with Crippen LogP contribution in [0.1, 0.15) is 42.6 Å². The number of benzene rings is 2. The number of hydrogen-bond acceptors (Lipinski definition) is 5. The molecular weight excluding hydrogens is 344 g/mol. The summed E-state index contributed by atoms with van der Waals surface area (Å²) in [5.74, 6) is -0.890. The van der Waals surface area contributed by atoms with E-state index in [0.29, 0.717) is 11.1 Å². The van der Waals surface area contributed by atoms with Crippen molar-refractivity contribution < 1.29 is 24.2 Å². The molecule has 2 rings (SSSR count). The average molecular weight is 372 g/mol. The zero-order valence-electron chi connectivity index (χ0n) is 16.2. The van der Waals surface area contributed by atoms with E-state index in [1.54, 1.807) is 60.7 Å². The molecule has 0 aliphatic heterocycles. The first-order chi connectivity index (χ1) is 13.0. The summed E-state index contributed by atoms with van der Waals surface area (Å²) in [5.41, 5.74) is -0.886. The Morgan fingerprint density at radius 1 is 0.926 bits per heavy atom. The average Bonchev–Trinajstić information content (AvgIpc) is 2.73. The molecule has 5 nitrogen and oxygen atoms in total. The van der Waals surface area contributed by atoms with Crippen molar-refractivity contribution in [3.63, 3.8) is 0 Å². The van der Waals surface area contributed by atoms with Gasteiger partial charge in [0.15, 0.2) is 11.4 Å². The zero-order chi connectivity index (χ0) is 20.1. The van der Waals surface area contributed by atoms with Gasteiger partial charge < -0.3 is 14.6 Å². The van der Waals surface area contributed by atoms with Gasteiger partial charge in [-0.1, -0.05) is 60.7 Å². The lowest BCUT2D eigenvalue weighted by Crippen LogP contribution is -2.36. The van der Waals surface area contributed by atoms with Crippen molar-refractivity contribution in [2.45, 2.75) is 32.3 Å². The van der Waals surface area contributed by atoms with Crippen LogP contribution < -0.4 is 0 Å². The molecule has 146 valence electrons. The smallest absolute Gasteiger partial charge is 0.305 e. The predicted octanol–water partition coefficient (Wildman–Crippen LogP) is 3.75. The van der Waals surface area contributed by atoms with Crippen LogP contribution in [0.15, 0.2) is 60.7 Å². The molecule has 0 aliphatic carbocycles. The van der Waals surface area contributed by atoms with Gasteiger partial charge in [-0.25, -0.2) is 0 Å². The van der Waals surface area contributed by atoms with Crippen LogP contribution in [-0.4, -0.2) is 37.2 Å². The van der Waals surface area contributed by atoms with E-state index in [2.05, 4.69) is 4.74 Å². The molecular formula is C22H28O5. The first-order valence-electron chi connectivity index (χ1n) is 9.01. The molecule has 0 aromatic heterocycles. The van der Waals surface area contributed by atoms with Gasteiger partial charge in [-0.2, -0.15) is 0 Å². The summed E-state index contributed by atoms with van der Waals surface area (Å²) in [7, 11) is 1.28. The van der Waals surface area contributed by atoms with Crippen LogP contribution in [0.25, 0.3) is 0 Å². The summed E-state index contributed by atoms with van der Waals surface area (Å²) in [4.78, 5) is 24.2. The van der Waals surface area contributed by atoms with Gasteiger partial charge in [0.25, 0.3) is 0 Å². The fourth-order valence-electron chi connectivity index (χ4n) is 2.52. The number of carbonyl (C=O) groups excluding carboxylic acids is 2. The lowest BCUT2D eigenvalue weighted by atomic mass is 9.82. The topological polar surface area (TPSA) is 72.8 Å². The Bertz CT molecular complexity index is 682. The SMILES string of the molecule is CCOCC.COC(=O)CCC(O)(C(=O)c1ccccc1)c1ccccc1. The quantitative estimate of drug-likeness (QED) is 0.564. The normalized spacial score (nSPS) is 12.3. The number of carbonyl (C=O) groups is 2. The Hall–Kier alpha value is -2.50. The van der Waals surface area contributed by atoms with Crippen molar-refractivity contribution in [1.82, 2.24) is 0 Å². The minimum Gasteiger partial charge on any atom is -0.469 e. The fourth-order valence-corrected chi connectivity index (χ4v) is 2.52. The van der Waals surface area contributed by atoms with Crippen molar-refractivity contribution in [1.29, 1.82) is 0 Å². The van der Waals surface area contributed by atoms with E-state index in [1.807, 2.05) is 13.8 Å². The molecule has 2 aromatic rings. The fraction of sp³-hybridized carbons (Fsp3) is 0.364. The highest BCUT2D eigenvalue weighted by Gasteiger charge is 2.38. The van der Waals surface area contributed by atoms with Gasteiger partial charge in [0.2, 0.25) is 0 Å². The lowest BCUT2D eigenvalue weighted by Gasteiger charge is -2.27. The Morgan fingerprint density at radius 3 is 1.89 bits per heavy atom. The number of Topliss-reactive ketones (excluding diaryl/α,β-unsaturated/α-hetero) is 1. The van der Waals surface area contributed by atoms with Crippen molar-refractivity contribution >= 4 is 11.8 Å². The van der Waals surface area contributed by atoms with Crippen LogP contribution in [0.2, 0.25) is 0 Å². The molecule has 0 amide bonds. The molecule has 1 N–H and O–H groups in total. The minimum absolute atomic E-state index is 0.0303. The molecule has 2 aromatic carbocycles. The highest BCUT2D eigenvalue weighted by molar-refractivity contribution is 6.03. The number of rotatable bonds is 8. The van der Waals surface area contributed by atoms with Gasteiger partial charge >= 0.3 is 5.97 Å². The van der Waals surface area contributed by atoms with Crippen molar-refractivity contribution in [2.75, 3.05) is 20.3 Å². The molecule has 0 heterocycles. The second-order valence-corrected chi connectivity index (χ2v) is 5.78. The third-order valence-corrected chi connectivity index (χ3v) is 3.99. The second kappa shape index (κ2) is 12.0. The molecule has 27 heavy (non-hydrogen) atoms. The van der Waals surface area contributed by atoms with Crippen molar-refractivity contribution in [3.05, 3.63) is 71.8 Å². The van der Waals surface area contributed by atoms with Crippen LogP contribution in [0.4, 0.5) is 0 Å².